The second-order valence-electron chi connectivity index (χ2n) is 4.88. The van der Waals surface area contributed by atoms with E-state index < -0.39 is 0 Å². The summed E-state index contributed by atoms with van der Waals surface area (Å²) >= 11 is 3.46. The molecule has 112 valence electrons. The molecule has 0 saturated carbocycles. The number of methoxy groups -OCH3 is 1. The number of hydrazine groups is 1. The Hall–Kier alpha value is -1.43. The van der Waals surface area contributed by atoms with Crippen LogP contribution in [0.2, 0.25) is 0 Å². The molecule has 0 bridgehead atoms. The molecule has 0 aromatic heterocycles. The van der Waals surface area contributed by atoms with Crippen LogP contribution in [0.1, 0.15) is 22.7 Å². The first kappa shape index (κ1) is 15.9. The van der Waals surface area contributed by atoms with Crippen molar-refractivity contribution in [3.63, 3.8) is 0 Å². The zero-order valence-electron chi connectivity index (χ0n) is 12.0. The van der Waals surface area contributed by atoms with Crippen molar-refractivity contribution in [2.75, 3.05) is 7.11 Å². The maximum atomic E-state index is 13.2. The number of nitrogens with two attached hydrogens (primary N) is 1. The summed E-state index contributed by atoms with van der Waals surface area (Å²) in [4.78, 5) is 0. The van der Waals surface area contributed by atoms with E-state index in [1.54, 1.807) is 13.2 Å². The molecule has 0 saturated heterocycles. The molecule has 1 unspecified atom stereocenters. The molecule has 3 nitrogen and oxygen atoms in total. The lowest BCUT2D eigenvalue weighted by atomic mass is 9.95. The molecule has 0 aliphatic carbocycles. The summed E-state index contributed by atoms with van der Waals surface area (Å²) in [6.07, 6.45) is 0.644. The number of hydrogen-bond donors (Lipinski definition) is 2. The van der Waals surface area contributed by atoms with Crippen molar-refractivity contribution >= 4 is 15.9 Å². The number of halogens is 2. The van der Waals surface area contributed by atoms with Crippen molar-refractivity contribution in [1.82, 2.24) is 5.43 Å². The van der Waals surface area contributed by atoms with Crippen LogP contribution in [0.15, 0.2) is 40.9 Å². The van der Waals surface area contributed by atoms with Gasteiger partial charge in [0.25, 0.3) is 0 Å². The Kier molecular flexibility index (Phi) is 5.33. The summed E-state index contributed by atoms with van der Waals surface area (Å²) in [6, 6.07) is 10.4. The lowest BCUT2D eigenvalue weighted by Gasteiger charge is -2.20. The Labute approximate surface area is 132 Å². The van der Waals surface area contributed by atoms with Crippen LogP contribution in [-0.2, 0) is 6.42 Å². The summed E-state index contributed by atoms with van der Waals surface area (Å²) in [7, 11) is 1.64. The maximum Gasteiger partial charge on any atom is 0.123 e. The molecular formula is C16H18BrFN2O. The molecule has 0 amide bonds. The largest absolute Gasteiger partial charge is 0.496 e. The van der Waals surface area contributed by atoms with Gasteiger partial charge in [-0.25, -0.2) is 4.39 Å². The van der Waals surface area contributed by atoms with Crippen molar-refractivity contribution in [2.24, 2.45) is 5.84 Å². The number of aryl methyl sites for hydroxylation is 1. The fourth-order valence-electron chi connectivity index (χ4n) is 2.42. The Balaban J connectivity index is 2.33. The van der Waals surface area contributed by atoms with Gasteiger partial charge in [-0.2, -0.15) is 0 Å². The monoisotopic (exact) mass is 352 g/mol. The third kappa shape index (κ3) is 3.81. The van der Waals surface area contributed by atoms with Crippen LogP contribution < -0.4 is 16.0 Å². The zero-order valence-corrected chi connectivity index (χ0v) is 13.6. The van der Waals surface area contributed by atoms with Crippen LogP contribution in [0.4, 0.5) is 4.39 Å². The van der Waals surface area contributed by atoms with Crippen LogP contribution >= 0.6 is 15.9 Å². The molecule has 2 aromatic carbocycles. The Bertz CT molecular complexity index is 634. The van der Waals surface area contributed by atoms with Crippen molar-refractivity contribution in [3.8, 4) is 5.75 Å². The average Bonchev–Trinajstić information content (AvgIpc) is 2.45. The Morgan fingerprint density at radius 1 is 1.29 bits per heavy atom. The minimum atomic E-state index is -0.243. The minimum Gasteiger partial charge on any atom is -0.496 e. The van der Waals surface area contributed by atoms with Crippen molar-refractivity contribution in [2.45, 2.75) is 19.4 Å². The minimum absolute atomic E-state index is 0.117. The summed E-state index contributed by atoms with van der Waals surface area (Å²) in [5.41, 5.74) is 5.67. The van der Waals surface area contributed by atoms with Gasteiger partial charge in [0.2, 0.25) is 0 Å². The normalized spacial score (nSPS) is 12.2. The molecule has 0 radical (unpaired) electrons. The first-order valence-electron chi connectivity index (χ1n) is 6.59. The second-order valence-corrected chi connectivity index (χ2v) is 5.80. The first-order chi connectivity index (χ1) is 10.0. The van der Waals surface area contributed by atoms with Gasteiger partial charge < -0.3 is 4.74 Å². The number of hydrogen-bond acceptors (Lipinski definition) is 3. The van der Waals surface area contributed by atoms with Crippen LogP contribution in [0, 0.1) is 12.7 Å². The Morgan fingerprint density at radius 2 is 2.05 bits per heavy atom. The molecule has 5 heteroatoms. The van der Waals surface area contributed by atoms with Crippen LogP contribution in [0.3, 0.4) is 0 Å². The van der Waals surface area contributed by atoms with E-state index in [-0.39, 0.29) is 11.9 Å². The van der Waals surface area contributed by atoms with E-state index in [2.05, 4.69) is 21.4 Å². The smallest absolute Gasteiger partial charge is 0.123 e. The Morgan fingerprint density at radius 3 is 2.67 bits per heavy atom. The highest BCUT2D eigenvalue weighted by molar-refractivity contribution is 9.10. The molecule has 0 fully saturated rings. The number of ether oxygens (including phenoxy) is 1. The van der Waals surface area contributed by atoms with Gasteiger partial charge in [-0.1, -0.05) is 22.0 Å². The molecular weight excluding hydrogens is 335 g/mol. The van der Waals surface area contributed by atoms with E-state index in [0.717, 1.165) is 26.9 Å². The van der Waals surface area contributed by atoms with E-state index in [9.17, 15) is 4.39 Å². The molecule has 2 aromatic rings. The van der Waals surface area contributed by atoms with Crippen LogP contribution in [0.5, 0.6) is 5.75 Å². The maximum absolute atomic E-state index is 13.2. The molecule has 3 N–H and O–H groups in total. The lowest BCUT2D eigenvalue weighted by Crippen LogP contribution is -2.30. The van der Waals surface area contributed by atoms with Crippen LogP contribution in [-0.4, -0.2) is 7.11 Å². The molecule has 2 rings (SSSR count). The standard InChI is InChI=1S/C16H18BrFN2O/c1-10-7-13(18)4-5-14(10)15(20-19)9-11-8-12(17)3-6-16(11)21-2/h3-8,15,20H,9,19H2,1-2H3. The quantitative estimate of drug-likeness (QED) is 0.637. The highest BCUT2D eigenvalue weighted by Gasteiger charge is 2.16. The predicted molar refractivity (Wildman–Crippen MR) is 85.6 cm³/mol. The lowest BCUT2D eigenvalue weighted by molar-refractivity contribution is 0.405. The fraction of sp³-hybridized carbons (Fsp3) is 0.250. The third-order valence-electron chi connectivity index (χ3n) is 3.47. The number of rotatable bonds is 5. The molecule has 0 spiro atoms. The van der Waals surface area contributed by atoms with E-state index in [1.807, 2.05) is 25.1 Å². The summed E-state index contributed by atoms with van der Waals surface area (Å²) in [6.45, 7) is 1.88. The first-order valence-corrected chi connectivity index (χ1v) is 7.39. The van der Waals surface area contributed by atoms with E-state index in [1.165, 1.54) is 12.1 Å². The van der Waals surface area contributed by atoms with Gasteiger partial charge in [-0.15, -0.1) is 0 Å². The van der Waals surface area contributed by atoms with Crippen molar-refractivity contribution < 1.29 is 9.13 Å². The summed E-state index contributed by atoms with van der Waals surface area (Å²) in [5, 5.41) is 0. The fourth-order valence-corrected chi connectivity index (χ4v) is 2.82. The van der Waals surface area contributed by atoms with Gasteiger partial charge in [0.15, 0.2) is 0 Å². The highest BCUT2D eigenvalue weighted by atomic mass is 79.9. The zero-order chi connectivity index (χ0) is 15.4. The third-order valence-corrected chi connectivity index (χ3v) is 3.97. The second kappa shape index (κ2) is 7.02. The highest BCUT2D eigenvalue weighted by Crippen LogP contribution is 2.29. The number of nitrogens with one attached hydrogen (secondary N) is 1. The van der Waals surface area contributed by atoms with Gasteiger partial charge in [0, 0.05) is 4.47 Å². The molecule has 1 atom stereocenters. The van der Waals surface area contributed by atoms with E-state index >= 15 is 0 Å². The van der Waals surface area contributed by atoms with Crippen molar-refractivity contribution in [1.29, 1.82) is 0 Å². The summed E-state index contributed by atoms with van der Waals surface area (Å²) in [5.74, 6) is 6.25. The van der Waals surface area contributed by atoms with E-state index in [0.29, 0.717) is 6.42 Å². The van der Waals surface area contributed by atoms with Gasteiger partial charge in [-0.05, 0) is 60.4 Å². The van der Waals surface area contributed by atoms with E-state index in [4.69, 9.17) is 10.6 Å². The average molecular weight is 353 g/mol. The van der Waals surface area contributed by atoms with Gasteiger partial charge >= 0.3 is 0 Å². The van der Waals surface area contributed by atoms with Gasteiger partial charge in [0.05, 0.1) is 13.2 Å². The molecule has 0 aliphatic rings. The topological polar surface area (TPSA) is 47.3 Å². The molecule has 21 heavy (non-hydrogen) atoms. The molecule has 0 heterocycles. The number of benzene rings is 2. The predicted octanol–water partition coefficient (Wildman–Crippen LogP) is 3.65. The van der Waals surface area contributed by atoms with Crippen molar-refractivity contribution in [3.05, 3.63) is 63.4 Å². The van der Waals surface area contributed by atoms with Gasteiger partial charge in [0.1, 0.15) is 11.6 Å². The summed E-state index contributed by atoms with van der Waals surface area (Å²) < 4.78 is 19.6. The van der Waals surface area contributed by atoms with Crippen LogP contribution in [0.25, 0.3) is 0 Å². The van der Waals surface area contributed by atoms with Gasteiger partial charge in [-0.3, -0.25) is 11.3 Å². The molecule has 0 aliphatic heterocycles. The SMILES string of the molecule is COc1ccc(Br)cc1CC(NN)c1ccc(F)cc1C.